The summed E-state index contributed by atoms with van der Waals surface area (Å²) in [6.45, 7) is 8.10. The number of hydrogen-bond acceptors (Lipinski definition) is 6. The lowest BCUT2D eigenvalue weighted by Crippen LogP contribution is -2.51. The molecule has 35 heavy (non-hydrogen) atoms. The van der Waals surface area contributed by atoms with Crippen molar-refractivity contribution in [2.24, 2.45) is 5.92 Å². The quantitative estimate of drug-likeness (QED) is 0.425. The zero-order chi connectivity index (χ0) is 24.9. The molecule has 1 N–H and O–H groups in total. The van der Waals surface area contributed by atoms with E-state index in [-0.39, 0.29) is 18.1 Å². The molecule has 2 aromatic rings. The maximum Gasteiger partial charge on any atom is 0.339 e. The normalized spacial score (nSPS) is 20.7. The summed E-state index contributed by atoms with van der Waals surface area (Å²) < 4.78 is 10.8. The van der Waals surface area contributed by atoms with E-state index in [9.17, 15) is 14.7 Å². The van der Waals surface area contributed by atoms with Gasteiger partial charge in [-0.2, -0.15) is 0 Å². The van der Waals surface area contributed by atoms with Gasteiger partial charge in [0, 0.05) is 55.8 Å². The van der Waals surface area contributed by atoms with Crippen molar-refractivity contribution >= 4 is 16.9 Å². The fraction of sp³-hybridized carbons (Fsp3) is 0.643. The Bertz CT molecular complexity index is 1090. The molecule has 0 bridgehead atoms. The predicted molar refractivity (Wildman–Crippen MR) is 137 cm³/mol. The molecule has 1 amide bonds. The van der Waals surface area contributed by atoms with Crippen LogP contribution in [0.5, 0.6) is 5.75 Å². The fourth-order valence-electron chi connectivity index (χ4n) is 6.05. The minimum Gasteiger partial charge on any atom is -0.508 e. The van der Waals surface area contributed by atoms with Crippen LogP contribution in [0.25, 0.3) is 11.0 Å². The number of rotatable bonds is 9. The number of carbonyl (C=O) groups is 1. The number of phenolic OH excluding ortho intramolecular Hbond substituents is 1. The Morgan fingerprint density at radius 2 is 1.97 bits per heavy atom. The number of methoxy groups -OCH3 is 1. The molecule has 2 aliphatic heterocycles. The van der Waals surface area contributed by atoms with Gasteiger partial charge < -0.3 is 24.1 Å². The Hall–Kier alpha value is -2.38. The number of fused-ring (bicyclic) bond motifs is 2. The van der Waals surface area contributed by atoms with E-state index in [1.165, 1.54) is 45.2 Å². The first-order valence-corrected chi connectivity index (χ1v) is 13.2. The van der Waals surface area contributed by atoms with Gasteiger partial charge in [-0.15, -0.1) is 0 Å². The number of piperidine rings is 2. The summed E-state index contributed by atoms with van der Waals surface area (Å²) in [5.41, 5.74) is 1.91. The van der Waals surface area contributed by atoms with Gasteiger partial charge in [-0.25, -0.2) is 4.79 Å². The highest BCUT2D eigenvalue weighted by molar-refractivity contribution is 5.85. The maximum atomic E-state index is 13.4. The van der Waals surface area contributed by atoms with Gasteiger partial charge in [-0.3, -0.25) is 4.79 Å². The van der Waals surface area contributed by atoms with Gasteiger partial charge >= 0.3 is 5.63 Å². The summed E-state index contributed by atoms with van der Waals surface area (Å²) in [5.74, 6) is 0.711. The van der Waals surface area contributed by atoms with E-state index in [0.717, 1.165) is 23.9 Å². The largest absolute Gasteiger partial charge is 0.508 e. The third kappa shape index (κ3) is 5.72. The fourth-order valence-corrected chi connectivity index (χ4v) is 6.05. The van der Waals surface area contributed by atoms with Crippen molar-refractivity contribution in [1.82, 2.24) is 9.80 Å². The zero-order valence-electron chi connectivity index (χ0n) is 21.5. The van der Waals surface area contributed by atoms with E-state index in [2.05, 4.69) is 4.90 Å². The van der Waals surface area contributed by atoms with Gasteiger partial charge in [0.05, 0.1) is 0 Å². The number of nitrogens with zero attached hydrogens (tertiary/aromatic N) is 2. The monoisotopic (exact) mass is 484 g/mol. The maximum absolute atomic E-state index is 13.4. The third-order valence-electron chi connectivity index (χ3n) is 8.08. The van der Waals surface area contributed by atoms with E-state index >= 15 is 0 Å². The molecule has 1 aromatic carbocycles. The molecular weight excluding hydrogens is 444 g/mol. The molecule has 4 rings (SSSR count). The Labute approximate surface area is 208 Å². The second-order valence-electron chi connectivity index (χ2n) is 10.3. The summed E-state index contributed by atoms with van der Waals surface area (Å²) >= 11 is 0. The van der Waals surface area contributed by atoms with E-state index in [1.807, 2.05) is 11.8 Å². The van der Waals surface area contributed by atoms with Crippen LogP contribution in [-0.2, 0) is 16.0 Å². The summed E-state index contributed by atoms with van der Waals surface area (Å²) in [6.07, 6.45) is 7.62. The van der Waals surface area contributed by atoms with Gasteiger partial charge in [0.25, 0.3) is 0 Å². The van der Waals surface area contributed by atoms with Gasteiger partial charge in [0.1, 0.15) is 11.3 Å². The number of amides is 1. The van der Waals surface area contributed by atoms with Gasteiger partial charge in [-0.05, 0) is 89.1 Å². The van der Waals surface area contributed by atoms with Crippen LogP contribution in [0.4, 0.5) is 0 Å². The third-order valence-corrected chi connectivity index (χ3v) is 8.08. The summed E-state index contributed by atoms with van der Waals surface area (Å²) in [4.78, 5) is 30.9. The van der Waals surface area contributed by atoms with Crippen molar-refractivity contribution in [3.05, 3.63) is 39.2 Å². The molecule has 2 fully saturated rings. The minimum absolute atomic E-state index is 0.0924. The molecule has 0 spiro atoms. The lowest BCUT2D eigenvalue weighted by atomic mass is 9.83. The van der Waals surface area contributed by atoms with Crippen molar-refractivity contribution in [3.8, 4) is 5.75 Å². The number of phenols is 1. The molecule has 0 saturated carbocycles. The van der Waals surface area contributed by atoms with Crippen LogP contribution in [0.3, 0.4) is 0 Å². The molecule has 0 unspecified atom stereocenters. The summed E-state index contributed by atoms with van der Waals surface area (Å²) in [5, 5.41) is 10.8. The Balaban J connectivity index is 1.48. The average molecular weight is 485 g/mol. The van der Waals surface area contributed by atoms with Crippen molar-refractivity contribution < 1.29 is 19.1 Å². The van der Waals surface area contributed by atoms with E-state index in [4.69, 9.17) is 9.15 Å². The Kier molecular flexibility index (Phi) is 8.50. The number of aryl methyl sites for hydroxylation is 2. The Morgan fingerprint density at radius 3 is 2.77 bits per heavy atom. The molecule has 0 radical (unpaired) electrons. The van der Waals surface area contributed by atoms with Crippen LogP contribution in [0.15, 0.2) is 21.3 Å². The highest BCUT2D eigenvalue weighted by atomic mass is 16.5. The van der Waals surface area contributed by atoms with Crippen molar-refractivity contribution in [1.29, 1.82) is 0 Å². The molecule has 192 valence electrons. The molecule has 2 saturated heterocycles. The van der Waals surface area contributed by atoms with E-state index in [0.29, 0.717) is 48.2 Å². The second-order valence-corrected chi connectivity index (χ2v) is 10.3. The summed E-state index contributed by atoms with van der Waals surface area (Å²) in [6, 6.07) is 3.98. The van der Waals surface area contributed by atoms with E-state index < -0.39 is 5.63 Å². The van der Waals surface area contributed by atoms with Gasteiger partial charge in [-0.1, -0.05) is 6.42 Å². The summed E-state index contributed by atoms with van der Waals surface area (Å²) in [7, 11) is 1.69. The van der Waals surface area contributed by atoms with Gasteiger partial charge in [0.2, 0.25) is 5.91 Å². The molecule has 1 aromatic heterocycles. The number of hydrogen-bond donors (Lipinski definition) is 1. The van der Waals surface area contributed by atoms with Crippen LogP contribution < -0.4 is 5.63 Å². The number of carbonyl (C=O) groups excluding carboxylic acids is 1. The molecule has 7 heteroatoms. The van der Waals surface area contributed by atoms with Crippen LogP contribution in [0.1, 0.15) is 61.6 Å². The lowest BCUT2D eigenvalue weighted by molar-refractivity contribution is -0.132. The Morgan fingerprint density at radius 1 is 1.17 bits per heavy atom. The lowest BCUT2D eigenvalue weighted by Gasteiger charge is -2.45. The molecule has 2 atom stereocenters. The van der Waals surface area contributed by atoms with Crippen LogP contribution >= 0.6 is 0 Å². The standard InChI is InChI=1S/C28H40N2O5/c1-19-22-10-12-25(31)20(2)27(22)35-28(33)23(19)11-13-26(32)30(16-7-17-34-3)18-21-8-6-15-29-14-5-4-9-24(21)29/h10,12,21,24,31H,4-9,11,13-18H2,1-3H3/t21-,24-/m1/s1. The SMILES string of the molecule is COCCCN(C[C@H]1CCCN2CCCC[C@H]12)C(=O)CCc1c(C)c2ccc(O)c(C)c2oc1=O. The molecule has 7 nitrogen and oxygen atoms in total. The zero-order valence-corrected chi connectivity index (χ0v) is 21.5. The number of aromatic hydroxyl groups is 1. The highest BCUT2D eigenvalue weighted by Gasteiger charge is 2.34. The molecular formula is C28H40N2O5. The smallest absolute Gasteiger partial charge is 0.339 e. The first kappa shape index (κ1) is 25.7. The number of ether oxygens (including phenoxy) is 1. The second kappa shape index (κ2) is 11.6. The van der Waals surface area contributed by atoms with Crippen molar-refractivity contribution in [2.45, 2.75) is 71.3 Å². The number of benzene rings is 1. The average Bonchev–Trinajstić information content (AvgIpc) is 2.86. The van der Waals surface area contributed by atoms with E-state index in [1.54, 1.807) is 26.2 Å². The molecule has 2 aliphatic rings. The van der Waals surface area contributed by atoms with Crippen molar-refractivity contribution in [3.63, 3.8) is 0 Å². The molecule has 0 aliphatic carbocycles. The highest BCUT2D eigenvalue weighted by Crippen LogP contribution is 2.32. The molecule has 3 heterocycles. The predicted octanol–water partition coefficient (Wildman–Crippen LogP) is 4.18. The van der Waals surface area contributed by atoms with Crippen LogP contribution in [-0.4, -0.2) is 66.8 Å². The minimum atomic E-state index is -0.424. The topological polar surface area (TPSA) is 83.2 Å². The van der Waals surface area contributed by atoms with Crippen LogP contribution in [0.2, 0.25) is 0 Å². The first-order valence-electron chi connectivity index (χ1n) is 13.2. The van der Waals surface area contributed by atoms with Crippen molar-refractivity contribution in [2.75, 3.05) is 39.9 Å². The first-order chi connectivity index (χ1) is 16.9. The van der Waals surface area contributed by atoms with Gasteiger partial charge in [0.15, 0.2) is 0 Å². The van der Waals surface area contributed by atoms with Crippen LogP contribution in [0, 0.1) is 19.8 Å².